The molecule has 1 aromatic heterocycles. The number of amidine groups is 1. The number of thioether (sulfide) groups is 1. The molecule has 6 nitrogen and oxygen atoms in total. The van der Waals surface area contributed by atoms with Crippen LogP contribution in [0.5, 0.6) is 5.88 Å². The maximum Gasteiger partial charge on any atom is 0.416 e. The summed E-state index contributed by atoms with van der Waals surface area (Å²) in [7, 11) is 0. The molecule has 27 heavy (non-hydrogen) atoms. The van der Waals surface area contributed by atoms with Crippen molar-refractivity contribution in [1.29, 1.82) is 0 Å². The molecular formula is C20H22N4O2S. The van der Waals surface area contributed by atoms with Gasteiger partial charge < -0.3 is 15.0 Å². The first-order chi connectivity index (χ1) is 13.0. The summed E-state index contributed by atoms with van der Waals surface area (Å²) in [6.07, 6.45) is 2.13. The molecule has 2 aromatic rings. The smallest absolute Gasteiger partial charge is 0.391 e. The van der Waals surface area contributed by atoms with Crippen molar-refractivity contribution < 1.29 is 9.53 Å². The van der Waals surface area contributed by atoms with Crippen LogP contribution in [0.15, 0.2) is 47.6 Å². The maximum atomic E-state index is 12.4. The summed E-state index contributed by atoms with van der Waals surface area (Å²) in [5, 5.41) is 4.14. The zero-order valence-electron chi connectivity index (χ0n) is 15.4. The second-order valence-electron chi connectivity index (χ2n) is 7.34. The van der Waals surface area contributed by atoms with Crippen molar-refractivity contribution in [2.75, 3.05) is 17.6 Å². The monoisotopic (exact) mass is 382 g/mol. The van der Waals surface area contributed by atoms with Gasteiger partial charge in [-0.05, 0) is 37.5 Å². The Balaban J connectivity index is 1.35. The third kappa shape index (κ3) is 4.24. The molecule has 1 aromatic carbocycles. The van der Waals surface area contributed by atoms with Gasteiger partial charge in [-0.1, -0.05) is 36.0 Å². The van der Waals surface area contributed by atoms with E-state index in [0.29, 0.717) is 19.0 Å². The minimum Gasteiger partial charge on any atom is -0.391 e. The van der Waals surface area contributed by atoms with Gasteiger partial charge >= 0.3 is 6.09 Å². The molecule has 0 saturated heterocycles. The Morgan fingerprint density at radius 2 is 2.04 bits per heavy atom. The Labute approximate surface area is 163 Å². The van der Waals surface area contributed by atoms with E-state index in [-0.39, 0.29) is 11.6 Å². The van der Waals surface area contributed by atoms with Crippen LogP contribution in [0.4, 0.5) is 10.5 Å². The second kappa shape index (κ2) is 7.23. The average molecular weight is 382 g/mol. The molecule has 0 aliphatic carbocycles. The van der Waals surface area contributed by atoms with E-state index < -0.39 is 0 Å². The Kier molecular flexibility index (Phi) is 4.78. The van der Waals surface area contributed by atoms with Crippen LogP contribution in [0.1, 0.15) is 25.0 Å². The molecule has 0 saturated carbocycles. The number of nitrogens with zero attached hydrogens (tertiary/aromatic N) is 3. The molecule has 0 bridgehead atoms. The van der Waals surface area contributed by atoms with Crippen LogP contribution in [0.2, 0.25) is 0 Å². The van der Waals surface area contributed by atoms with Crippen molar-refractivity contribution in [1.82, 2.24) is 9.88 Å². The number of amides is 1. The van der Waals surface area contributed by atoms with E-state index in [1.54, 1.807) is 28.9 Å². The highest BCUT2D eigenvalue weighted by molar-refractivity contribution is 8.14. The predicted molar refractivity (Wildman–Crippen MR) is 108 cm³/mol. The topological polar surface area (TPSA) is 66.8 Å². The molecule has 2 aliphatic heterocycles. The number of hydrogen-bond acceptors (Lipinski definition) is 6. The number of aromatic nitrogens is 1. The Morgan fingerprint density at radius 1 is 1.22 bits per heavy atom. The lowest BCUT2D eigenvalue weighted by Gasteiger charge is -2.27. The predicted octanol–water partition coefficient (Wildman–Crippen LogP) is 3.93. The van der Waals surface area contributed by atoms with Crippen LogP contribution < -0.4 is 10.1 Å². The highest BCUT2D eigenvalue weighted by Crippen LogP contribution is 2.28. The van der Waals surface area contributed by atoms with Gasteiger partial charge in [-0.15, -0.1) is 0 Å². The molecule has 3 heterocycles. The van der Waals surface area contributed by atoms with E-state index in [4.69, 9.17) is 4.74 Å². The molecule has 0 atom stereocenters. The minimum atomic E-state index is -0.366. The third-order valence-electron chi connectivity index (χ3n) is 4.53. The molecule has 7 heteroatoms. The van der Waals surface area contributed by atoms with Crippen LogP contribution in [0.25, 0.3) is 0 Å². The Morgan fingerprint density at radius 3 is 2.74 bits per heavy atom. The number of anilines is 1. The van der Waals surface area contributed by atoms with E-state index in [1.807, 2.05) is 18.2 Å². The number of aliphatic imine (C=N–C) groups is 1. The number of nitrogens with one attached hydrogen (secondary N) is 1. The summed E-state index contributed by atoms with van der Waals surface area (Å²) >= 11 is 1.69. The van der Waals surface area contributed by atoms with Gasteiger partial charge in [0.1, 0.15) is 0 Å². The van der Waals surface area contributed by atoms with Crippen molar-refractivity contribution in [3.8, 4) is 5.88 Å². The fraction of sp³-hybridized carbons (Fsp3) is 0.350. The van der Waals surface area contributed by atoms with E-state index in [2.05, 4.69) is 41.3 Å². The quantitative estimate of drug-likeness (QED) is 0.852. The highest BCUT2D eigenvalue weighted by Gasteiger charge is 2.25. The fourth-order valence-corrected chi connectivity index (χ4v) is 4.15. The van der Waals surface area contributed by atoms with Gasteiger partial charge in [0, 0.05) is 24.9 Å². The number of pyridine rings is 1. The van der Waals surface area contributed by atoms with Gasteiger partial charge in [0.05, 0.1) is 17.4 Å². The number of rotatable bonds is 2. The Bertz CT molecular complexity index is 880. The van der Waals surface area contributed by atoms with E-state index in [9.17, 15) is 4.79 Å². The first-order valence-electron chi connectivity index (χ1n) is 8.98. The number of hydrogen-bond donors (Lipinski definition) is 1. The van der Waals surface area contributed by atoms with Gasteiger partial charge in [0.2, 0.25) is 5.88 Å². The molecule has 140 valence electrons. The van der Waals surface area contributed by atoms with Crippen molar-refractivity contribution in [3.63, 3.8) is 0 Å². The molecule has 0 fully saturated rings. The van der Waals surface area contributed by atoms with Crippen LogP contribution >= 0.6 is 11.8 Å². The number of ether oxygens (including phenoxy) is 1. The standard InChI is InChI=1S/C20H22N4O2S/c1-20(2)13-27-18(23-20)22-16-7-8-17(21-11-16)26-19(25)24-10-9-14-5-3-4-6-15(14)12-24/h3-8,11H,9-10,12-13H2,1-2H3,(H,22,23). The van der Waals surface area contributed by atoms with Crippen molar-refractivity contribution in [2.24, 2.45) is 4.99 Å². The molecule has 0 spiro atoms. The summed E-state index contributed by atoms with van der Waals surface area (Å²) in [5.74, 6) is 1.25. The molecule has 0 radical (unpaired) electrons. The first-order valence-corrected chi connectivity index (χ1v) is 9.96. The van der Waals surface area contributed by atoms with Gasteiger partial charge in [0.25, 0.3) is 0 Å². The van der Waals surface area contributed by atoms with Gasteiger partial charge in [-0.25, -0.2) is 9.78 Å². The number of carbonyl (C=O) groups excluding carboxylic acids is 1. The highest BCUT2D eigenvalue weighted by atomic mass is 32.2. The van der Waals surface area contributed by atoms with Crippen molar-refractivity contribution >= 4 is 28.7 Å². The summed E-state index contributed by atoms with van der Waals surface area (Å²) in [6.45, 7) is 5.44. The summed E-state index contributed by atoms with van der Waals surface area (Å²) in [5.41, 5.74) is 3.26. The van der Waals surface area contributed by atoms with Crippen molar-refractivity contribution in [3.05, 3.63) is 53.7 Å². The second-order valence-corrected chi connectivity index (χ2v) is 8.30. The lowest BCUT2D eigenvalue weighted by molar-refractivity contribution is 0.145. The zero-order valence-corrected chi connectivity index (χ0v) is 16.3. The SMILES string of the molecule is CC1(C)CSC(Nc2ccc(OC(=O)N3CCc4ccccc4C3)nc2)=N1. The van der Waals surface area contributed by atoms with E-state index >= 15 is 0 Å². The zero-order chi connectivity index (χ0) is 18.9. The average Bonchev–Trinajstić information content (AvgIpc) is 3.01. The molecular weight excluding hydrogens is 360 g/mol. The van der Waals surface area contributed by atoms with Gasteiger partial charge in [-0.3, -0.25) is 4.99 Å². The van der Waals surface area contributed by atoms with Crippen LogP contribution in [-0.2, 0) is 13.0 Å². The normalized spacial score (nSPS) is 17.9. The maximum absolute atomic E-state index is 12.4. The molecule has 0 unspecified atom stereocenters. The summed E-state index contributed by atoms with van der Waals surface area (Å²) in [4.78, 5) is 23.0. The largest absolute Gasteiger partial charge is 0.416 e. The molecule has 1 amide bonds. The number of carbonyl (C=O) groups is 1. The lowest BCUT2D eigenvalue weighted by atomic mass is 10.0. The fourth-order valence-electron chi connectivity index (χ4n) is 3.09. The molecule has 4 rings (SSSR count). The third-order valence-corrected chi connectivity index (χ3v) is 5.85. The molecule has 1 N–H and O–H groups in total. The van der Waals surface area contributed by atoms with Crippen molar-refractivity contribution in [2.45, 2.75) is 32.4 Å². The first kappa shape index (κ1) is 17.9. The van der Waals surface area contributed by atoms with Gasteiger partial charge in [0.15, 0.2) is 5.17 Å². The number of fused-ring (bicyclic) bond motifs is 1. The van der Waals surface area contributed by atoms with Crippen LogP contribution in [0.3, 0.4) is 0 Å². The molecule has 2 aliphatic rings. The van der Waals surface area contributed by atoms with Gasteiger partial charge in [-0.2, -0.15) is 0 Å². The Hall–Kier alpha value is -2.54. The van der Waals surface area contributed by atoms with E-state index in [1.165, 1.54) is 11.1 Å². The lowest BCUT2D eigenvalue weighted by Crippen LogP contribution is -2.37. The van der Waals surface area contributed by atoms with Crippen LogP contribution in [0, 0.1) is 0 Å². The number of benzene rings is 1. The van der Waals surface area contributed by atoms with E-state index in [0.717, 1.165) is 23.0 Å². The van der Waals surface area contributed by atoms with Crippen LogP contribution in [-0.4, -0.2) is 39.0 Å². The minimum absolute atomic E-state index is 0.0387. The summed E-state index contributed by atoms with van der Waals surface area (Å²) in [6, 6.07) is 11.7. The summed E-state index contributed by atoms with van der Waals surface area (Å²) < 4.78 is 5.44.